The Hall–Kier alpha value is -3.22. The first-order valence-corrected chi connectivity index (χ1v) is 8.87. The molecule has 1 saturated heterocycles. The third-order valence-corrected chi connectivity index (χ3v) is 4.64. The average Bonchev–Trinajstić information content (AvgIpc) is 3.24. The van der Waals surface area contributed by atoms with Gasteiger partial charge in [-0.1, -0.05) is 0 Å². The lowest BCUT2D eigenvalue weighted by Crippen LogP contribution is -2.39. The zero-order chi connectivity index (χ0) is 18.6. The molecule has 0 bridgehead atoms. The van der Waals surface area contributed by atoms with E-state index in [-0.39, 0.29) is 17.6 Å². The van der Waals surface area contributed by atoms with Crippen LogP contribution in [0, 0.1) is 5.82 Å². The van der Waals surface area contributed by atoms with Crippen molar-refractivity contribution in [1.29, 1.82) is 0 Å². The Morgan fingerprint density at radius 3 is 2.85 bits per heavy atom. The van der Waals surface area contributed by atoms with Gasteiger partial charge in [0.25, 0.3) is 5.91 Å². The number of halogens is 1. The Kier molecular flexibility index (Phi) is 4.82. The highest BCUT2D eigenvalue weighted by atomic mass is 19.1. The monoisotopic (exact) mass is 366 g/mol. The van der Waals surface area contributed by atoms with Crippen molar-refractivity contribution in [2.75, 3.05) is 18.4 Å². The summed E-state index contributed by atoms with van der Waals surface area (Å²) in [6, 6.07) is 11.3. The van der Waals surface area contributed by atoms with Crippen molar-refractivity contribution in [3.63, 3.8) is 0 Å². The molecule has 1 N–H and O–H groups in total. The summed E-state index contributed by atoms with van der Waals surface area (Å²) in [5, 5.41) is 3.08. The van der Waals surface area contributed by atoms with Crippen LogP contribution in [-0.4, -0.2) is 33.9 Å². The third kappa shape index (κ3) is 3.97. The molecular weight excluding hydrogens is 347 g/mol. The lowest BCUT2D eigenvalue weighted by molar-refractivity contribution is 0.0673. The van der Waals surface area contributed by atoms with Crippen molar-refractivity contribution in [3.05, 3.63) is 72.2 Å². The molecular formula is C20H19FN4O2. The summed E-state index contributed by atoms with van der Waals surface area (Å²) in [6.07, 6.45) is 5.06. The molecule has 6 nitrogen and oxygen atoms in total. The molecule has 0 aliphatic carbocycles. The maximum absolute atomic E-state index is 13.0. The van der Waals surface area contributed by atoms with Crippen molar-refractivity contribution in [2.45, 2.75) is 18.8 Å². The molecule has 1 aliphatic rings. The summed E-state index contributed by atoms with van der Waals surface area (Å²) in [4.78, 5) is 23.2. The van der Waals surface area contributed by atoms with E-state index in [0.717, 1.165) is 18.5 Å². The first-order valence-electron chi connectivity index (χ1n) is 8.87. The number of carbonyl (C=O) groups is 1. The van der Waals surface area contributed by atoms with E-state index in [0.29, 0.717) is 30.5 Å². The number of hydrogen-bond donors (Lipinski definition) is 1. The smallest absolute Gasteiger partial charge is 0.289 e. The van der Waals surface area contributed by atoms with E-state index >= 15 is 0 Å². The van der Waals surface area contributed by atoms with Crippen LogP contribution in [0.5, 0.6) is 0 Å². The van der Waals surface area contributed by atoms with Crippen LogP contribution in [0.25, 0.3) is 0 Å². The Bertz CT molecular complexity index is 912. The fraction of sp³-hybridized carbons (Fsp3) is 0.250. The van der Waals surface area contributed by atoms with Gasteiger partial charge in [-0.2, -0.15) is 0 Å². The lowest BCUT2D eigenvalue weighted by Gasteiger charge is -2.32. The van der Waals surface area contributed by atoms with Gasteiger partial charge in [0.2, 0.25) is 5.95 Å². The van der Waals surface area contributed by atoms with Crippen molar-refractivity contribution >= 4 is 17.5 Å². The van der Waals surface area contributed by atoms with E-state index in [4.69, 9.17) is 4.42 Å². The number of anilines is 2. The van der Waals surface area contributed by atoms with E-state index in [2.05, 4.69) is 15.3 Å². The largest absolute Gasteiger partial charge is 0.459 e. The minimum atomic E-state index is -0.293. The highest BCUT2D eigenvalue weighted by Crippen LogP contribution is 2.27. The second-order valence-corrected chi connectivity index (χ2v) is 6.50. The van der Waals surface area contributed by atoms with Gasteiger partial charge in [0.05, 0.1) is 12.0 Å². The Balaban J connectivity index is 1.47. The number of amides is 1. The number of hydrogen-bond acceptors (Lipinski definition) is 5. The van der Waals surface area contributed by atoms with Crippen molar-refractivity contribution in [3.8, 4) is 0 Å². The third-order valence-electron chi connectivity index (χ3n) is 4.64. The molecule has 1 unspecified atom stereocenters. The number of piperidine rings is 1. The molecule has 2 aromatic heterocycles. The fourth-order valence-electron chi connectivity index (χ4n) is 3.28. The summed E-state index contributed by atoms with van der Waals surface area (Å²) in [5.74, 6) is 0.558. The molecule has 0 radical (unpaired) electrons. The Labute approximate surface area is 156 Å². The zero-order valence-electron chi connectivity index (χ0n) is 14.6. The Morgan fingerprint density at radius 1 is 1.22 bits per heavy atom. The molecule has 7 heteroatoms. The molecule has 27 heavy (non-hydrogen) atoms. The molecule has 1 aliphatic heterocycles. The van der Waals surface area contributed by atoms with Crippen molar-refractivity contribution in [1.82, 2.24) is 14.9 Å². The standard InChI is InChI=1S/C20H19FN4O2/c21-15-5-7-16(8-6-15)23-20-22-10-9-17(24-20)14-3-1-11-25(13-14)19(26)18-4-2-12-27-18/h2,4-10,12,14H,1,3,11,13H2,(H,22,23,24). The van der Waals surface area contributed by atoms with Crippen LogP contribution >= 0.6 is 0 Å². The van der Waals surface area contributed by atoms with E-state index in [9.17, 15) is 9.18 Å². The van der Waals surface area contributed by atoms with E-state index in [1.807, 2.05) is 11.0 Å². The molecule has 1 atom stereocenters. The molecule has 0 saturated carbocycles. The first kappa shape index (κ1) is 17.2. The first-order chi connectivity index (χ1) is 13.2. The summed E-state index contributed by atoms with van der Waals surface area (Å²) in [7, 11) is 0. The summed E-state index contributed by atoms with van der Waals surface area (Å²) >= 11 is 0. The number of aromatic nitrogens is 2. The Morgan fingerprint density at radius 2 is 2.07 bits per heavy atom. The maximum atomic E-state index is 13.0. The van der Waals surface area contributed by atoms with Gasteiger partial charge >= 0.3 is 0 Å². The number of nitrogens with one attached hydrogen (secondary N) is 1. The van der Waals surface area contributed by atoms with Crippen LogP contribution in [0.15, 0.2) is 59.3 Å². The van der Waals surface area contributed by atoms with Crippen LogP contribution in [0.2, 0.25) is 0 Å². The van der Waals surface area contributed by atoms with Gasteiger partial charge in [0.1, 0.15) is 5.82 Å². The van der Waals surface area contributed by atoms with Crippen LogP contribution < -0.4 is 5.32 Å². The number of nitrogens with zero attached hydrogens (tertiary/aromatic N) is 3. The second-order valence-electron chi connectivity index (χ2n) is 6.50. The van der Waals surface area contributed by atoms with E-state index in [1.54, 1.807) is 30.5 Å². The van der Waals surface area contributed by atoms with Crippen LogP contribution in [0.3, 0.4) is 0 Å². The normalized spacial score (nSPS) is 16.9. The van der Waals surface area contributed by atoms with Crippen molar-refractivity contribution < 1.29 is 13.6 Å². The maximum Gasteiger partial charge on any atom is 0.289 e. The number of furan rings is 1. The fourth-order valence-corrected chi connectivity index (χ4v) is 3.28. The van der Waals surface area contributed by atoms with Crippen LogP contribution in [0.4, 0.5) is 16.0 Å². The predicted octanol–water partition coefficient (Wildman–Crippen LogP) is 3.97. The minimum Gasteiger partial charge on any atom is -0.459 e. The number of rotatable bonds is 4. The minimum absolute atomic E-state index is 0.0941. The molecule has 1 amide bonds. The van der Waals surface area contributed by atoms with Gasteiger partial charge in [-0.15, -0.1) is 0 Å². The molecule has 0 spiro atoms. The van der Waals surface area contributed by atoms with Crippen LogP contribution in [-0.2, 0) is 0 Å². The quantitative estimate of drug-likeness (QED) is 0.756. The highest BCUT2D eigenvalue weighted by Gasteiger charge is 2.27. The molecule has 4 rings (SSSR count). The molecule has 1 aromatic carbocycles. The van der Waals surface area contributed by atoms with E-state index < -0.39 is 0 Å². The summed E-state index contributed by atoms with van der Waals surface area (Å²) < 4.78 is 18.3. The second kappa shape index (κ2) is 7.57. The van der Waals surface area contributed by atoms with Gasteiger partial charge in [0.15, 0.2) is 5.76 Å². The SMILES string of the molecule is O=C(c1ccco1)N1CCCC(c2ccnc(Nc3ccc(F)cc3)n2)C1. The van der Waals surface area contributed by atoms with Crippen molar-refractivity contribution in [2.24, 2.45) is 0 Å². The van der Waals surface area contributed by atoms with Gasteiger partial charge in [-0.3, -0.25) is 4.79 Å². The van der Waals surface area contributed by atoms with Gasteiger partial charge in [-0.05, 0) is 55.3 Å². The molecule has 1 fully saturated rings. The van der Waals surface area contributed by atoms with Gasteiger partial charge in [-0.25, -0.2) is 14.4 Å². The average molecular weight is 366 g/mol. The summed E-state index contributed by atoms with van der Waals surface area (Å²) in [6.45, 7) is 1.30. The molecule has 3 heterocycles. The predicted molar refractivity (Wildman–Crippen MR) is 98.3 cm³/mol. The highest BCUT2D eigenvalue weighted by molar-refractivity contribution is 5.91. The summed E-state index contributed by atoms with van der Waals surface area (Å²) in [5.41, 5.74) is 1.60. The lowest BCUT2D eigenvalue weighted by atomic mass is 9.94. The van der Waals surface area contributed by atoms with Gasteiger partial charge < -0.3 is 14.6 Å². The topological polar surface area (TPSA) is 71.3 Å². The number of likely N-dealkylation sites (tertiary alicyclic amines) is 1. The molecule has 138 valence electrons. The van der Waals surface area contributed by atoms with E-state index in [1.165, 1.54) is 18.4 Å². The van der Waals surface area contributed by atoms with Crippen LogP contribution in [0.1, 0.15) is 35.0 Å². The number of benzene rings is 1. The zero-order valence-corrected chi connectivity index (χ0v) is 14.6. The number of carbonyl (C=O) groups excluding carboxylic acids is 1. The van der Waals surface area contributed by atoms with Gasteiger partial charge in [0, 0.05) is 30.9 Å². The molecule has 3 aromatic rings.